The fourth-order valence-corrected chi connectivity index (χ4v) is 2.07. The summed E-state index contributed by atoms with van der Waals surface area (Å²) in [5.74, 6) is -0.979. The van der Waals surface area contributed by atoms with E-state index in [4.69, 9.17) is 5.73 Å². The van der Waals surface area contributed by atoms with Gasteiger partial charge in [0.25, 0.3) is 0 Å². The van der Waals surface area contributed by atoms with Crippen molar-refractivity contribution in [1.82, 2.24) is 10.2 Å². The summed E-state index contributed by atoms with van der Waals surface area (Å²) in [4.78, 5) is 35.4. The Balaban J connectivity index is 2.02. The van der Waals surface area contributed by atoms with Gasteiger partial charge in [-0.15, -0.1) is 0 Å². The van der Waals surface area contributed by atoms with Gasteiger partial charge in [-0.2, -0.15) is 0 Å². The number of carbonyl (C=O) groups excluding carboxylic acids is 3. The molecule has 0 saturated carbocycles. The summed E-state index contributed by atoms with van der Waals surface area (Å²) in [7, 11) is 1.78. The summed E-state index contributed by atoms with van der Waals surface area (Å²) in [5, 5.41) is 2.28. The van der Waals surface area contributed by atoms with Gasteiger partial charge in [0.1, 0.15) is 0 Å². The van der Waals surface area contributed by atoms with Gasteiger partial charge in [0.15, 0.2) is 0 Å². The van der Waals surface area contributed by atoms with Crippen LogP contribution in [0, 0.1) is 0 Å². The number of carbonyl (C=O) groups is 3. The molecule has 6 heteroatoms. The van der Waals surface area contributed by atoms with Crippen molar-refractivity contribution in [1.29, 1.82) is 0 Å². The van der Waals surface area contributed by atoms with E-state index in [1.165, 1.54) is 0 Å². The highest BCUT2D eigenvalue weighted by molar-refractivity contribution is 6.05. The zero-order valence-corrected chi connectivity index (χ0v) is 10.6. The van der Waals surface area contributed by atoms with Gasteiger partial charge in [-0.05, 0) is 24.7 Å². The van der Waals surface area contributed by atoms with Crippen molar-refractivity contribution < 1.29 is 14.4 Å². The monoisotopic (exact) mass is 261 g/mol. The van der Waals surface area contributed by atoms with E-state index in [-0.39, 0.29) is 18.2 Å². The molecule has 0 aliphatic carbocycles. The maximum absolute atomic E-state index is 11.5. The highest BCUT2D eigenvalue weighted by Crippen LogP contribution is 2.13. The molecule has 0 bridgehead atoms. The Morgan fingerprint density at radius 1 is 1.37 bits per heavy atom. The van der Waals surface area contributed by atoms with Gasteiger partial charge in [0.2, 0.25) is 17.7 Å². The summed E-state index contributed by atoms with van der Waals surface area (Å²) in [6.07, 6.45) is 0.189. The van der Waals surface area contributed by atoms with E-state index < -0.39 is 11.9 Å². The lowest BCUT2D eigenvalue weighted by molar-refractivity contribution is -0.126. The van der Waals surface area contributed by atoms with Gasteiger partial charge in [-0.1, -0.05) is 12.1 Å². The second kappa shape index (κ2) is 5.19. The highest BCUT2D eigenvalue weighted by atomic mass is 16.2. The zero-order valence-electron chi connectivity index (χ0n) is 10.6. The Labute approximate surface area is 110 Å². The molecule has 1 fully saturated rings. The number of rotatable bonds is 4. The topological polar surface area (TPSA) is 92.5 Å². The van der Waals surface area contributed by atoms with Crippen LogP contribution in [0.2, 0.25) is 0 Å². The molecule has 1 saturated heterocycles. The smallest absolute Gasteiger partial charge is 0.248 e. The molecule has 1 aliphatic heterocycles. The second-order valence-electron chi connectivity index (χ2n) is 4.61. The van der Waals surface area contributed by atoms with Crippen LogP contribution in [-0.4, -0.2) is 35.7 Å². The van der Waals surface area contributed by atoms with Crippen LogP contribution >= 0.6 is 0 Å². The van der Waals surface area contributed by atoms with E-state index in [1.54, 1.807) is 36.2 Å². The number of nitrogens with two attached hydrogens (primary N) is 1. The number of likely N-dealkylation sites (N-methyl/N-ethyl adjacent to an activating group) is 1. The first-order valence-corrected chi connectivity index (χ1v) is 5.90. The molecule has 1 heterocycles. The van der Waals surface area contributed by atoms with E-state index >= 15 is 0 Å². The predicted octanol–water partition coefficient (Wildman–Crippen LogP) is -0.368. The minimum atomic E-state index is -0.472. The van der Waals surface area contributed by atoms with E-state index in [1.807, 2.05) is 0 Å². The third-order valence-electron chi connectivity index (χ3n) is 3.15. The minimum absolute atomic E-state index is 0.189. The molecular formula is C13H15N3O3. The predicted molar refractivity (Wildman–Crippen MR) is 68.0 cm³/mol. The van der Waals surface area contributed by atoms with Crippen molar-refractivity contribution in [3.8, 4) is 0 Å². The Hall–Kier alpha value is -2.21. The maximum atomic E-state index is 11.5. The average molecular weight is 261 g/mol. The number of amides is 3. The van der Waals surface area contributed by atoms with Crippen LogP contribution in [-0.2, 0) is 16.1 Å². The molecule has 1 aromatic rings. The molecule has 1 atom stereocenters. The quantitative estimate of drug-likeness (QED) is 0.723. The summed E-state index contributed by atoms with van der Waals surface area (Å²) in [5.41, 5.74) is 6.55. The van der Waals surface area contributed by atoms with Crippen molar-refractivity contribution >= 4 is 17.7 Å². The lowest BCUT2D eigenvalue weighted by Crippen LogP contribution is -2.37. The van der Waals surface area contributed by atoms with Gasteiger partial charge in [-0.3, -0.25) is 24.6 Å². The van der Waals surface area contributed by atoms with Crippen LogP contribution in [0.4, 0.5) is 0 Å². The summed E-state index contributed by atoms with van der Waals surface area (Å²) >= 11 is 0. The van der Waals surface area contributed by atoms with Crippen LogP contribution in [0.3, 0.4) is 0 Å². The number of primary amides is 1. The summed E-state index contributed by atoms with van der Waals surface area (Å²) < 4.78 is 0. The standard InChI is InChI=1S/C13H15N3O3/c1-16(10-6-11(17)15-13(10)19)7-8-2-4-9(5-3-8)12(14)18/h2-5,10H,6-7H2,1H3,(H2,14,18)(H,15,17,19). The molecule has 3 amide bonds. The molecular weight excluding hydrogens is 246 g/mol. The van der Waals surface area contributed by atoms with Gasteiger partial charge in [-0.25, -0.2) is 0 Å². The molecule has 19 heavy (non-hydrogen) atoms. The van der Waals surface area contributed by atoms with Crippen molar-refractivity contribution in [3.63, 3.8) is 0 Å². The Morgan fingerprint density at radius 2 is 2.00 bits per heavy atom. The zero-order chi connectivity index (χ0) is 14.0. The highest BCUT2D eigenvalue weighted by Gasteiger charge is 2.33. The SMILES string of the molecule is CN(Cc1ccc(C(N)=O)cc1)C1CC(=O)NC1=O. The minimum Gasteiger partial charge on any atom is -0.366 e. The van der Waals surface area contributed by atoms with Crippen molar-refractivity contribution in [2.45, 2.75) is 19.0 Å². The van der Waals surface area contributed by atoms with Gasteiger partial charge >= 0.3 is 0 Å². The third-order valence-corrected chi connectivity index (χ3v) is 3.15. The fraction of sp³-hybridized carbons (Fsp3) is 0.308. The van der Waals surface area contributed by atoms with Crippen LogP contribution in [0.5, 0.6) is 0 Å². The van der Waals surface area contributed by atoms with Crippen molar-refractivity contribution in [2.75, 3.05) is 7.05 Å². The largest absolute Gasteiger partial charge is 0.366 e. The molecule has 0 radical (unpaired) electrons. The van der Waals surface area contributed by atoms with Crippen LogP contribution in [0.1, 0.15) is 22.3 Å². The number of hydrogen-bond donors (Lipinski definition) is 2. The third kappa shape index (κ3) is 2.97. The Bertz CT molecular complexity index is 524. The number of benzene rings is 1. The molecule has 100 valence electrons. The van der Waals surface area contributed by atoms with Gasteiger partial charge in [0, 0.05) is 12.1 Å². The van der Waals surface area contributed by atoms with Gasteiger partial charge < -0.3 is 5.73 Å². The van der Waals surface area contributed by atoms with Crippen LogP contribution in [0.15, 0.2) is 24.3 Å². The maximum Gasteiger partial charge on any atom is 0.248 e. The molecule has 2 rings (SSSR count). The Morgan fingerprint density at radius 3 is 2.47 bits per heavy atom. The molecule has 0 aromatic heterocycles. The lowest BCUT2D eigenvalue weighted by atomic mass is 10.1. The second-order valence-corrected chi connectivity index (χ2v) is 4.61. The first-order valence-electron chi connectivity index (χ1n) is 5.90. The molecule has 1 aromatic carbocycles. The number of imide groups is 1. The van der Waals surface area contributed by atoms with E-state index in [2.05, 4.69) is 5.32 Å². The Kier molecular flexibility index (Phi) is 3.62. The summed E-state index contributed by atoms with van der Waals surface area (Å²) in [6.45, 7) is 0.518. The molecule has 1 unspecified atom stereocenters. The summed E-state index contributed by atoms with van der Waals surface area (Å²) in [6, 6.07) is 6.43. The normalized spacial score (nSPS) is 18.7. The molecule has 1 aliphatic rings. The molecule has 0 spiro atoms. The number of nitrogens with one attached hydrogen (secondary N) is 1. The van der Waals surface area contributed by atoms with E-state index in [0.29, 0.717) is 12.1 Å². The molecule has 6 nitrogen and oxygen atoms in total. The van der Waals surface area contributed by atoms with E-state index in [9.17, 15) is 14.4 Å². The van der Waals surface area contributed by atoms with E-state index in [0.717, 1.165) is 5.56 Å². The first kappa shape index (κ1) is 13.2. The van der Waals surface area contributed by atoms with Crippen LogP contribution < -0.4 is 11.1 Å². The first-order chi connectivity index (χ1) is 8.97. The number of nitrogens with zero attached hydrogens (tertiary/aromatic N) is 1. The lowest BCUT2D eigenvalue weighted by Gasteiger charge is -2.21. The average Bonchev–Trinajstić information content (AvgIpc) is 2.69. The van der Waals surface area contributed by atoms with Crippen LogP contribution in [0.25, 0.3) is 0 Å². The van der Waals surface area contributed by atoms with Crippen molar-refractivity contribution in [2.24, 2.45) is 5.73 Å². The molecule has 3 N–H and O–H groups in total. The fourth-order valence-electron chi connectivity index (χ4n) is 2.07. The van der Waals surface area contributed by atoms with Gasteiger partial charge in [0.05, 0.1) is 12.5 Å². The van der Waals surface area contributed by atoms with Crippen molar-refractivity contribution in [3.05, 3.63) is 35.4 Å². The number of hydrogen-bond acceptors (Lipinski definition) is 4.